The number of hydrogen-bond donors (Lipinski definition) is 2. The van der Waals surface area contributed by atoms with E-state index in [-0.39, 0.29) is 19.1 Å². The van der Waals surface area contributed by atoms with Crippen molar-refractivity contribution in [3.63, 3.8) is 0 Å². The van der Waals surface area contributed by atoms with Crippen molar-refractivity contribution in [1.82, 2.24) is 20.2 Å². The van der Waals surface area contributed by atoms with E-state index in [0.29, 0.717) is 0 Å². The minimum absolute atomic E-state index is 0.154. The van der Waals surface area contributed by atoms with E-state index in [2.05, 4.69) is 15.6 Å². The van der Waals surface area contributed by atoms with Crippen molar-refractivity contribution in [2.75, 3.05) is 0 Å². The SMILES string of the molecule is C[C@@H](NC(=O)OCc1ccccc1)C(=O)NCc1nc2ccccc2n1C. The van der Waals surface area contributed by atoms with E-state index in [9.17, 15) is 9.59 Å². The Kier molecular flexibility index (Phi) is 5.71. The maximum absolute atomic E-state index is 12.2. The zero-order chi connectivity index (χ0) is 19.2. The monoisotopic (exact) mass is 366 g/mol. The molecule has 0 unspecified atom stereocenters. The average Bonchev–Trinajstić information content (AvgIpc) is 3.01. The molecule has 0 aliphatic carbocycles. The summed E-state index contributed by atoms with van der Waals surface area (Å²) in [4.78, 5) is 28.6. The fraction of sp³-hybridized carbons (Fsp3) is 0.250. The summed E-state index contributed by atoms with van der Waals surface area (Å²) in [5.41, 5.74) is 2.75. The molecular formula is C20H22N4O3. The lowest BCUT2D eigenvalue weighted by atomic mass is 10.2. The van der Waals surface area contributed by atoms with Crippen LogP contribution in [0.1, 0.15) is 18.3 Å². The van der Waals surface area contributed by atoms with Gasteiger partial charge in [0.25, 0.3) is 0 Å². The molecule has 2 aromatic carbocycles. The normalized spacial score (nSPS) is 11.8. The molecule has 0 aliphatic rings. The van der Waals surface area contributed by atoms with Crippen LogP contribution < -0.4 is 10.6 Å². The average molecular weight is 366 g/mol. The van der Waals surface area contributed by atoms with Crippen molar-refractivity contribution in [3.05, 3.63) is 66.0 Å². The predicted molar refractivity (Wildman–Crippen MR) is 102 cm³/mol. The number of para-hydroxylation sites is 2. The fourth-order valence-electron chi connectivity index (χ4n) is 2.68. The number of nitrogens with zero attached hydrogens (tertiary/aromatic N) is 2. The molecule has 1 atom stereocenters. The minimum atomic E-state index is -0.719. The zero-order valence-corrected chi connectivity index (χ0v) is 15.3. The summed E-state index contributed by atoms with van der Waals surface area (Å²) in [5, 5.41) is 5.31. The van der Waals surface area contributed by atoms with E-state index in [1.54, 1.807) is 6.92 Å². The van der Waals surface area contributed by atoms with E-state index in [1.807, 2.05) is 66.2 Å². The van der Waals surface area contributed by atoms with Gasteiger partial charge >= 0.3 is 6.09 Å². The molecule has 27 heavy (non-hydrogen) atoms. The van der Waals surface area contributed by atoms with Gasteiger partial charge < -0.3 is 19.9 Å². The lowest BCUT2D eigenvalue weighted by molar-refractivity contribution is -0.122. The summed E-state index contributed by atoms with van der Waals surface area (Å²) in [7, 11) is 1.90. The van der Waals surface area contributed by atoms with Gasteiger partial charge in [0.1, 0.15) is 18.5 Å². The Balaban J connectivity index is 1.48. The lowest BCUT2D eigenvalue weighted by Crippen LogP contribution is -2.44. The molecule has 2 amide bonds. The van der Waals surface area contributed by atoms with Gasteiger partial charge in [-0.25, -0.2) is 9.78 Å². The Morgan fingerprint density at radius 2 is 1.81 bits per heavy atom. The fourth-order valence-corrected chi connectivity index (χ4v) is 2.68. The topological polar surface area (TPSA) is 85.2 Å². The van der Waals surface area contributed by atoms with Crippen LogP contribution in [0.25, 0.3) is 11.0 Å². The first-order valence-electron chi connectivity index (χ1n) is 8.70. The van der Waals surface area contributed by atoms with Crippen LogP contribution in [0.2, 0.25) is 0 Å². The lowest BCUT2D eigenvalue weighted by Gasteiger charge is -2.14. The van der Waals surface area contributed by atoms with Crippen LogP contribution in [0.5, 0.6) is 0 Å². The Morgan fingerprint density at radius 3 is 2.56 bits per heavy atom. The van der Waals surface area contributed by atoms with Crippen LogP contribution in [-0.4, -0.2) is 27.6 Å². The number of alkyl carbamates (subject to hydrolysis) is 1. The van der Waals surface area contributed by atoms with Crippen LogP contribution >= 0.6 is 0 Å². The van der Waals surface area contributed by atoms with E-state index in [4.69, 9.17) is 4.74 Å². The second kappa shape index (κ2) is 8.35. The minimum Gasteiger partial charge on any atom is -0.445 e. The third-order valence-corrected chi connectivity index (χ3v) is 4.24. The standard InChI is InChI=1S/C20H22N4O3/c1-14(22-20(26)27-13-15-8-4-3-5-9-15)19(25)21-12-18-23-16-10-6-7-11-17(16)24(18)2/h3-11,14H,12-13H2,1-2H3,(H,21,25)(H,22,26)/t14-/m1/s1. The molecule has 0 aliphatic heterocycles. The highest BCUT2D eigenvalue weighted by Crippen LogP contribution is 2.13. The van der Waals surface area contributed by atoms with E-state index >= 15 is 0 Å². The first-order chi connectivity index (χ1) is 13.0. The molecule has 0 spiro atoms. The smallest absolute Gasteiger partial charge is 0.408 e. The van der Waals surface area contributed by atoms with Gasteiger partial charge in [0, 0.05) is 7.05 Å². The number of aromatic nitrogens is 2. The van der Waals surface area contributed by atoms with E-state index in [1.165, 1.54) is 0 Å². The number of fused-ring (bicyclic) bond motifs is 1. The molecule has 0 fully saturated rings. The Labute approximate surface area is 157 Å². The highest BCUT2D eigenvalue weighted by molar-refractivity contribution is 5.85. The third kappa shape index (κ3) is 4.63. The summed E-state index contributed by atoms with van der Waals surface area (Å²) < 4.78 is 7.06. The van der Waals surface area contributed by atoms with Crippen molar-refractivity contribution in [2.24, 2.45) is 7.05 Å². The number of aryl methyl sites for hydroxylation is 1. The number of carbonyl (C=O) groups excluding carboxylic acids is 2. The van der Waals surface area contributed by atoms with Crippen molar-refractivity contribution in [1.29, 1.82) is 0 Å². The highest BCUT2D eigenvalue weighted by Gasteiger charge is 2.17. The van der Waals surface area contributed by atoms with Gasteiger partial charge in [0.2, 0.25) is 5.91 Å². The highest BCUT2D eigenvalue weighted by atomic mass is 16.5. The van der Waals surface area contributed by atoms with E-state index < -0.39 is 12.1 Å². The van der Waals surface area contributed by atoms with Crippen LogP contribution in [0, 0.1) is 0 Å². The maximum Gasteiger partial charge on any atom is 0.408 e. The van der Waals surface area contributed by atoms with Gasteiger partial charge in [-0.05, 0) is 24.6 Å². The van der Waals surface area contributed by atoms with Gasteiger partial charge in [-0.15, -0.1) is 0 Å². The summed E-state index contributed by atoms with van der Waals surface area (Å²) in [6.07, 6.45) is -0.635. The number of amides is 2. The maximum atomic E-state index is 12.2. The second-order valence-electron chi connectivity index (χ2n) is 6.22. The third-order valence-electron chi connectivity index (χ3n) is 4.24. The predicted octanol–water partition coefficient (Wildman–Crippen LogP) is 2.50. The van der Waals surface area contributed by atoms with Crippen molar-refractivity contribution < 1.29 is 14.3 Å². The van der Waals surface area contributed by atoms with Gasteiger partial charge in [0.05, 0.1) is 17.6 Å². The van der Waals surface area contributed by atoms with Gasteiger partial charge in [-0.3, -0.25) is 4.79 Å². The number of benzene rings is 2. The van der Waals surface area contributed by atoms with Crippen molar-refractivity contribution >= 4 is 23.0 Å². The van der Waals surface area contributed by atoms with Crippen LogP contribution in [0.15, 0.2) is 54.6 Å². The molecule has 0 saturated heterocycles. The number of nitrogens with one attached hydrogen (secondary N) is 2. The number of imidazole rings is 1. The number of ether oxygens (including phenoxy) is 1. The van der Waals surface area contributed by atoms with Gasteiger partial charge in [-0.2, -0.15) is 0 Å². The summed E-state index contributed by atoms with van der Waals surface area (Å²) >= 11 is 0. The Bertz CT molecular complexity index is 937. The molecule has 1 aromatic heterocycles. The number of rotatable bonds is 6. The molecule has 3 rings (SSSR count). The first-order valence-corrected chi connectivity index (χ1v) is 8.70. The second-order valence-corrected chi connectivity index (χ2v) is 6.22. The van der Waals surface area contributed by atoms with Crippen LogP contribution in [0.4, 0.5) is 4.79 Å². The molecule has 3 aromatic rings. The van der Waals surface area contributed by atoms with Crippen LogP contribution in [-0.2, 0) is 29.7 Å². The quantitative estimate of drug-likeness (QED) is 0.702. The molecule has 2 N–H and O–H groups in total. The Morgan fingerprint density at radius 1 is 1.11 bits per heavy atom. The molecule has 1 heterocycles. The summed E-state index contributed by atoms with van der Waals surface area (Å²) in [6.45, 7) is 2.03. The van der Waals surface area contributed by atoms with Gasteiger partial charge in [0.15, 0.2) is 0 Å². The van der Waals surface area contributed by atoms with Crippen LogP contribution in [0.3, 0.4) is 0 Å². The van der Waals surface area contributed by atoms with Crippen molar-refractivity contribution in [2.45, 2.75) is 26.1 Å². The van der Waals surface area contributed by atoms with Crippen molar-refractivity contribution in [3.8, 4) is 0 Å². The molecule has 7 nitrogen and oxygen atoms in total. The van der Waals surface area contributed by atoms with Gasteiger partial charge in [-0.1, -0.05) is 42.5 Å². The largest absolute Gasteiger partial charge is 0.445 e. The first kappa shape index (κ1) is 18.4. The molecule has 7 heteroatoms. The number of carbonyl (C=O) groups is 2. The molecule has 0 radical (unpaired) electrons. The molecule has 0 bridgehead atoms. The summed E-state index contributed by atoms with van der Waals surface area (Å²) in [5.74, 6) is 0.433. The van der Waals surface area contributed by atoms with E-state index in [0.717, 1.165) is 22.4 Å². The Hall–Kier alpha value is -3.35. The number of hydrogen-bond acceptors (Lipinski definition) is 4. The molecule has 0 saturated carbocycles. The molecule has 140 valence electrons. The summed E-state index contributed by atoms with van der Waals surface area (Å²) in [6, 6.07) is 16.4. The zero-order valence-electron chi connectivity index (χ0n) is 15.3. The molecular weight excluding hydrogens is 344 g/mol.